The highest BCUT2D eigenvalue weighted by Crippen LogP contribution is 2.17. The molecule has 23 heavy (non-hydrogen) atoms. The van der Waals surface area contributed by atoms with Crippen molar-refractivity contribution in [2.75, 3.05) is 6.54 Å². The highest BCUT2D eigenvalue weighted by atomic mass is 35.5. The van der Waals surface area contributed by atoms with Gasteiger partial charge in [0.1, 0.15) is 6.54 Å². The van der Waals surface area contributed by atoms with E-state index >= 15 is 0 Å². The number of halogens is 1. The number of rotatable bonds is 5. The van der Waals surface area contributed by atoms with Gasteiger partial charge in [-0.1, -0.05) is 23.7 Å². The van der Waals surface area contributed by atoms with Crippen LogP contribution >= 0.6 is 11.6 Å². The van der Waals surface area contributed by atoms with Gasteiger partial charge in [0.25, 0.3) is 5.91 Å². The van der Waals surface area contributed by atoms with Crippen molar-refractivity contribution in [3.05, 3.63) is 51.8 Å². The smallest absolute Gasteiger partial charge is 0.323 e. The van der Waals surface area contributed by atoms with Crippen LogP contribution in [0.25, 0.3) is 0 Å². The molecule has 0 fully saturated rings. The van der Waals surface area contributed by atoms with Gasteiger partial charge in [-0.15, -0.1) is 0 Å². The number of hydrogen-bond acceptors (Lipinski definition) is 3. The molecule has 0 aliphatic heterocycles. The molecule has 1 amide bonds. The lowest BCUT2D eigenvalue weighted by atomic mass is 10.1. The summed E-state index contributed by atoms with van der Waals surface area (Å²) >= 11 is 5.85. The fourth-order valence-electron chi connectivity index (χ4n) is 2.41. The molecule has 1 aromatic carbocycles. The maximum atomic E-state index is 12.8. The van der Waals surface area contributed by atoms with Crippen LogP contribution in [0.2, 0.25) is 5.02 Å². The normalized spacial score (nSPS) is 10.6. The van der Waals surface area contributed by atoms with E-state index in [1.54, 1.807) is 49.8 Å². The van der Waals surface area contributed by atoms with Gasteiger partial charge in [0.05, 0.1) is 11.3 Å². The molecule has 2 aromatic rings. The number of aryl methyl sites for hydroxylation is 2. The van der Waals surface area contributed by atoms with Gasteiger partial charge in [0.2, 0.25) is 0 Å². The summed E-state index contributed by atoms with van der Waals surface area (Å²) in [5.41, 5.74) is 2.55. The summed E-state index contributed by atoms with van der Waals surface area (Å²) < 4.78 is 1.61. The van der Waals surface area contributed by atoms with Crippen LogP contribution in [0.15, 0.2) is 24.3 Å². The summed E-state index contributed by atoms with van der Waals surface area (Å²) in [5, 5.41) is 13.9. The third-order valence-electron chi connectivity index (χ3n) is 3.62. The maximum Gasteiger partial charge on any atom is 0.323 e. The maximum absolute atomic E-state index is 12.8. The molecule has 0 aliphatic carbocycles. The number of carboxylic acids is 1. The van der Waals surface area contributed by atoms with Gasteiger partial charge in [-0.3, -0.25) is 14.3 Å². The van der Waals surface area contributed by atoms with E-state index in [9.17, 15) is 9.59 Å². The van der Waals surface area contributed by atoms with Crippen LogP contribution in [0.4, 0.5) is 0 Å². The molecule has 0 spiro atoms. The zero-order valence-electron chi connectivity index (χ0n) is 13.2. The average Bonchev–Trinajstić information content (AvgIpc) is 2.72. The number of carboxylic acid groups (broad SMARTS) is 1. The lowest BCUT2D eigenvalue weighted by Crippen LogP contribution is -2.35. The van der Waals surface area contributed by atoms with Crippen LogP contribution < -0.4 is 0 Å². The third-order valence-corrected chi connectivity index (χ3v) is 3.87. The number of aromatic nitrogens is 2. The second-order valence-corrected chi connectivity index (χ2v) is 5.79. The molecule has 0 atom stereocenters. The van der Waals surface area contributed by atoms with Gasteiger partial charge in [-0.05, 0) is 31.5 Å². The van der Waals surface area contributed by atoms with Crippen LogP contribution in [0.3, 0.4) is 0 Å². The Kier molecular flexibility index (Phi) is 5.05. The number of nitrogens with zero attached hydrogens (tertiary/aromatic N) is 3. The molecule has 0 bridgehead atoms. The van der Waals surface area contributed by atoms with E-state index < -0.39 is 5.97 Å². The molecular weight excluding hydrogens is 318 g/mol. The molecule has 1 heterocycles. The van der Waals surface area contributed by atoms with E-state index in [2.05, 4.69) is 5.10 Å². The van der Waals surface area contributed by atoms with Gasteiger partial charge in [0, 0.05) is 24.3 Å². The molecule has 1 N–H and O–H groups in total. The quantitative estimate of drug-likeness (QED) is 0.910. The van der Waals surface area contributed by atoms with Gasteiger partial charge >= 0.3 is 5.97 Å². The topological polar surface area (TPSA) is 75.4 Å². The molecular formula is C16H18ClN3O3. The molecule has 7 heteroatoms. The van der Waals surface area contributed by atoms with Crippen LogP contribution in [-0.4, -0.2) is 38.2 Å². The van der Waals surface area contributed by atoms with Crippen molar-refractivity contribution >= 4 is 23.5 Å². The van der Waals surface area contributed by atoms with E-state index in [0.717, 1.165) is 5.56 Å². The van der Waals surface area contributed by atoms with Crippen LogP contribution in [0, 0.1) is 13.8 Å². The average molecular weight is 336 g/mol. The Bertz CT molecular complexity index is 738. The lowest BCUT2D eigenvalue weighted by Gasteiger charge is -2.21. The third kappa shape index (κ3) is 3.90. The first-order valence-corrected chi connectivity index (χ1v) is 7.43. The Morgan fingerprint density at radius 3 is 2.35 bits per heavy atom. The van der Waals surface area contributed by atoms with Crippen LogP contribution in [0.1, 0.15) is 27.3 Å². The molecule has 2 rings (SSSR count). The Morgan fingerprint density at radius 2 is 1.87 bits per heavy atom. The SMILES string of the molecule is Cc1nn(C)c(C)c1C(=O)N(CC(=O)O)Cc1ccc(Cl)cc1. The molecule has 0 radical (unpaired) electrons. The first kappa shape index (κ1) is 17.0. The van der Waals surface area contributed by atoms with Gasteiger partial charge < -0.3 is 10.0 Å². The van der Waals surface area contributed by atoms with Crippen molar-refractivity contribution in [1.82, 2.24) is 14.7 Å². The Morgan fingerprint density at radius 1 is 1.26 bits per heavy atom. The molecule has 0 unspecified atom stereocenters. The highest BCUT2D eigenvalue weighted by Gasteiger charge is 2.24. The Labute approximate surface area is 139 Å². The second-order valence-electron chi connectivity index (χ2n) is 5.35. The summed E-state index contributed by atoms with van der Waals surface area (Å²) in [7, 11) is 1.75. The predicted octanol–water partition coefficient (Wildman–Crippen LogP) is 2.42. The van der Waals surface area contributed by atoms with Crippen molar-refractivity contribution < 1.29 is 14.7 Å². The Hall–Kier alpha value is -2.34. The number of carbonyl (C=O) groups is 2. The van der Waals surface area contributed by atoms with Gasteiger partial charge in [0.15, 0.2) is 0 Å². The summed E-state index contributed by atoms with van der Waals surface area (Å²) in [6.07, 6.45) is 0. The predicted molar refractivity (Wildman–Crippen MR) is 86.5 cm³/mol. The van der Waals surface area contributed by atoms with Crippen LogP contribution in [0.5, 0.6) is 0 Å². The standard InChI is InChI=1S/C16H18ClN3O3/c1-10-15(11(2)19(3)18-10)16(23)20(9-14(21)22)8-12-4-6-13(17)7-5-12/h4-7H,8-9H2,1-3H3,(H,21,22). The minimum atomic E-state index is -1.06. The van der Waals surface area contributed by atoms with E-state index in [-0.39, 0.29) is 19.0 Å². The molecule has 6 nitrogen and oxygen atoms in total. The van der Waals surface area contributed by atoms with E-state index in [0.29, 0.717) is 22.0 Å². The molecule has 122 valence electrons. The zero-order chi connectivity index (χ0) is 17.1. The van der Waals surface area contributed by atoms with Gasteiger partial charge in [-0.2, -0.15) is 5.10 Å². The van der Waals surface area contributed by atoms with Gasteiger partial charge in [-0.25, -0.2) is 0 Å². The first-order valence-electron chi connectivity index (χ1n) is 7.05. The first-order chi connectivity index (χ1) is 10.8. The minimum absolute atomic E-state index is 0.191. The van der Waals surface area contributed by atoms with E-state index in [1.165, 1.54) is 4.90 Å². The minimum Gasteiger partial charge on any atom is -0.480 e. The number of aliphatic carboxylic acids is 1. The summed E-state index contributed by atoms with van der Waals surface area (Å²) in [4.78, 5) is 25.2. The van der Waals surface area contributed by atoms with Crippen LogP contribution in [-0.2, 0) is 18.4 Å². The second kappa shape index (κ2) is 6.83. The fraction of sp³-hybridized carbons (Fsp3) is 0.312. The number of hydrogen-bond donors (Lipinski definition) is 1. The van der Waals surface area contributed by atoms with E-state index in [1.807, 2.05) is 0 Å². The summed E-state index contributed by atoms with van der Waals surface area (Å²) in [6, 6.07) is 6.96. The zero-order valence-corrected chi connectivity index (χ0v) is 14.0. The Balaban J connectivity index is 2.32. The number of benzene rings is 1. The van der Waals surface area contributed by atoms with Crippen molar-refractivity contribution in [2.24, 2.45) is 7.05 Å². The molecule has 0 saturated carbocycles. The summed E-state index contributed by atoms with van der Waals surface area (Å²) in [6.45, 7) is 3.33. The highest BCUT2D eigenvalue weighted by molar-refractivity contribution is 6.30. The van der Waals surface area contributed by atoms with Crippen molar-refractivity contribution in [2.45, 2.75) is 20.4 Å². The number of carbonyl (C=O) groups excluding carboxylic acids is 1. The monoisotopic (exact) mass is 335 g/mol. The number of amides is 1. The summed E-state index contributed by atoms with van der Waals surface area (Å²) in [5.74, 6) is -1.41. The lowest BCUT2D eigenvalue weighted by molar-refractivity contribution is -0.137. The molecule has 0 saturated heterocycles. The molecule has 0 aliphatic rings. The fourth-order valence-corrected chi connectivity index (χ4v) is 2.54. The van der Waals surface area contributed by atoms with E-state index in [4.69, 9.17) is 16.7 Å². The largest absolute Gasteiger partial charge is 0.480 e. The molecule has 1 aromatic heterocycles. The van der Waals surface area contributed by atoms with Crippen molar-refractivity contribution in [3.63, 3.8) is 0 Å². The van der Waals surface area contributed by atoms with Crippen molar-refractivity contribution in [3.8, 4) is 0 Å². The van der Waals surface area contributed by atoms with Crippen molar-refractivity contribution in [1.29, 1.82) is 0 Å².